The molecule has 1 aromatic rings. The number of carbonyl (C=O) groups is 2. The van der Waals surface area contributed by atoms with E-state index in [1.165, 1.54) is 23.3 Å². The average Bonchev–Trinajstić information content (AvgIpc) is 2.93. The van der Waals surface area contributed by atoms with Crippen LogP contribution in [-0.2, 0) is 9.53 Å². The number of nitrogens with zero attached hydrogens (tertiary/aromatic N) is 1. The van der Waals surface area contributed by atoms with Crippen LogP contribution in [0.3, 0.4) is 0 Å². The summed E-state index contributed by atoms with van der Waals surface area (Å²) in [6, 6.07) is 2.92. The van der Waals surface area contributed by atoms with Crippen LogP contribution in [0.15, 0.2) is 12.1 Å². The summed E-state index contributed by atoms with van der Waals surface area (Å²) in [5, 5.41) is 9.62. The quantitative estimate of drug-likeness (QED) is 0.807. The van der Waals surface area contributed by atoms with Crippen LogP contribution < -0.4 is 0 Å². The average molecular weight is 269 g/mol. The summed E-state index contributed by atoms with van der Waals surface area (Å²) < 4.78 is 4.66. The second-order valence-corrected chi connectivity index (χ2v) is 5.58. The Labute approximate surface area is 109 Å². The van der Waals surface area contributed by atoms with Gasteiger partial charge in [-0.2, -0.15) is 0 Å². The lowest BCUT2D eigenvalue weighted by molar-refractivity contribution is -0.145. The number of hydrogen-bond donors (Lipinski definition) is 1. The van der Waals surface area contributed by atoms with E-state index in [1.807, 2.05) is 13.0 Å². The van der Waals surface area contributed by atoms with Crippen molar-refractivity contribution in [2.75, 3.05) is 13.7 Å². The fourth-order valence-electron chi connectivity index (χ4n) is 2.09. The number of aliphatic hydroxyl groups is 1. The fourth-order valence-corrected chi connectivity index (χ4v) is 2.91. The van der Waals surface area contributed by atoms with Crippen molar-refractivity contribution in [2.24, 2.45) is 0 Å². The molecule has 2 heterocycles. The number of methoxy groups -OCH3 is 1. The largest absolute Gasteiger partial charge is 0.467 e. The van der Waals surface area contributed by atoms with Crippen LogP contribution in [-0.4, -0.2) is 47.7 Å². The maximum absolute atomic E-state index is 12.3. The zero-order valence-corrected chi connectivity index (χ0v) is 11.1. The van der Waals surface area contributed by atoms with Crippen LogP contribution in [0.5, 0.6) is 0 Å². The maximum Gasteiger partial charge on any atom is 0.328 e. The molecule has 0 spiro atoms. The summed E-state index contributed by atoms with van der Waals surface area (Å²) in [5.41, 5.74) is 0. The van der Waals surface area contributed by atoms with Gasteiger partial charge in [0.2, 0.25) is 0 Å². The van der Waals surface area contributed by atoms with Crippen LogP contribution in [0.2, 0.25) is 0 Å². The zero-order chi connectivity index (χ0) is 13.3. The first-order chi connectivity index (χ1) is 8.52. The number of aliphatic hydroxyl groups excluding tert-OH is 1. The number of likely N-dealkylation sites (tertiary alicyclic amines) is 1. The molecule has 2 rings (SSSR count). The zero-order valence-electron chi connectivity index (χ0n) is 10.3. The van der Waals surface area contributed by atoms with Gasteiger partial charge < -0.3 is 14.7 Å². The molecule has 2 atom stereocenters. The standard InChI is InChI=1S/C12H15NO4S/c1-7-3-4-10(18-7)11(15)13-6-8(14)5-9(13)12(16)17-2/h3-4,8-9,14H,5-6H2,1-2H3. The molecule has 2 unspecified atom stereocenters. The number of carbonyl (C=O) groups excluding carboxylic acids is 2. The van der Waals surface area contributed by atoms with Crippen molar-refractivity contribution in [3.8, 4) is 0 Å². The predicted molar refractivity (Wildman–Crippen MR) is 66.5 cm³/mol. The van der Waals surface area contributed by atoms with E-state index in [0.717, 1.165) is 4.88 Å². The third-order valence-electron chi connectivity index (χ3n) is 2.96. The van der Waals surface area contributed by atoms with Crippen LogP contribution in [0, 0.1) is 6.92 Å². The monoisotopic (exact) mass is 269 g/mol. The first kappa shape index (κ1) is 13.0. The summed E-state index contributed by atoms with van der Waals surface area (Å²) in [6.45, 7) is 2.09. The molecule has 1 fully saturated rings. The SMILES string of the molecule is COC(=O)C1CC(O)CN1C(=O)c1ccc(C)s1. The lowest BCUT2D eigenvalue weighted by Gasteiger charge is -2.21. The number of amides is 1. The molecule has 1 aromatic heterocycles. The van der Waals surface area contributed by atoms with Crippen LogP contribution >= 0.6 is 11.3 Å². The molecule has 6 heteroatoms. The molecular formula is C12H15NO4S. The molecule has 18 heavy (non-hydrogen) atoms. The Kier molecular flexibility index (Phi) is 3.68. The Hall–Kier alpha value is -1.40. The molecule has 0 aliphatic carbocycles. The van der Waals surface area contributed by atoms with Gasteiger partial charge in [0.15, 0.2) is 0 Å². The molecule has 1 aliphatic rings. The minimum atomic E-state index is -0.681. The number of aryl methyl sites for hydroxylation is 1. The number of ether oxygens (including phenoxy) is 1. The molecule has 5 nitrogen and oxygen atoms in total. The van der Waals surface area contributed by atoms with E-state index in [4.69, 9.17) is 0 Å². The van der Waals surface area contributed by atoms with Gasteiger partial charge in [0.25, 0.3) is 5.91 Å². The minimum Gasteiger partial charge on any atom is -0.467 e. The third kappa shape index (κ3) is 2.39. The molecule has 1 saturated heterocycles. The van der Waals surface area contributed by atoms with Crippen molar-refractivity contribution in [3.05, 3.63) is 21.9 Å². The first-order valence-electron chi connectivity index (χ1n) is 5.66. The van der Waals surface area contributed by atoms with Gasteiger partial charge in [0, 0.05) is 17.8 Å². The van der Waals surface area contributed by atoms with Gasteiger partial charge in [-0.1, -0.05) is 0 Å². The van der Waals surface area contributed by atoms with Gasteiger partial charge in [0.05, 0.1) is 18.1 Å². The van der Waals surface area contributed by atoms with Gasteiger partial charge in [-0.15, -0.1) is 11.3 Å². The van der Waals surface area contributed by atoms with E-state index in [-0.39, 0.29) is 18.9 Å². The maximum atomic E-state index is 12.3. The second kappa shape index (κ2) is 5.07. The number of hydrogen-bond acceptors (Lipinski definition) is 5. The highest BCUT2D eigenvalue weighted by Gasteiger charge is 2.40. The van der Waals surface area contributed by atoms with E-state index in [0.29, 0.717) is 4.88 Å². The molecular weight excluding hydrogens is 254 g/mol. The van der Waals surface area contributed by atoms with E-state index in [2.05, 4.69) is 4.74 Å². The highest BCUT2D eigenvalue weighted by atomic mass is 32.1. The molecule has 0 radical (unpaired) electrons. The van der Waals surface area contributed by atoms with E-state index < -0.39 is 18.1 Å². The fraction of sp³-hybridized carbons (Fsp3) is 0.500. The van der Waals surface area contributed by atoms with Crippen molar-refractivity contribution in [2.45, 2.75) is 25.5 Å². The smallest absolute Gasteiger partial charge is 0.328 e. The third-order valence-corrected chi connectivity index (χ3v) is 3.95. The summed E-state index contributed by atoms with van der Waals surface area (Å²) in [7, 11) is 1.28. The Balaban J connectivity index is 2.20. The van der Waals surface area contributed by atoms with E-state index in [1.54, 1.807) is 6.07 Å². The number of esters is 1. The van der Waals surface area contributed by atoms with Crippen molar-refractivity contribution >= 4 is 23.2 Å². The van der Waals surface area contributed by atoms with Crippen molar-refractivity contribution < 1.29 is 19.4 Å². The van der Waals surface area contributed by atoms with Crippen molar-refractivity contribution in [3.63, 3.8) is 0 Å². The minimum absolute atomic E-state index is 0.176. The molecule has 1 amide bonds. The second-order valence-electron chi connectivity index (χ2n) is 4.30. The Morgan fingerprint density at radius 2 is 2.22 bits per heavy atom. The molecule has 0 bridgehead atoms. The number of thiophene rings is 1. The van der Waals surface area contributed by atoms with Gasteiger partial charge in [0.1, 0.15) is 6.04 Å². The van der Waals surface area contributed by atoms with Gasteiger partial charge in [-0.05, 0) is 19.1 Å². The van der Waals surface area contributed by atoms with Crippen molar-refractivity contribution in [1.29, 1.82) is 0 Å². The molecule has 0 aromatic carbocycles. The highest BCUT2D eigenvalue weighted by molar-refractivity contribution is 7.13. The van der Waals surface area contributed by atoms with Gasteiger partial charge in [-0.25, -0.2) is 4.79 Å². The predicted octanol–water partition coefficient (Wildman–Crippen LogP) is 0.805. The topological polar surface area (TPSA) is 66.8 Å². The summed E-state index contributed by atoms with van der Waals surface area (Å²) in [6.07, 6.45) is -0.429. The number of β-amino-alcohol motifs (C(OH)–C–C–N with tert-alkyl or cyclic N) is 1. The molecule has 1 aliphatic heterocycles. The molecule has 0 saturated carbocycles. The normalized spacial score (nSPS) is 23.2. The Bertz CT molecular complexity index is 470. The molecule has 98 valence electrons. The highest BCUT2D eigenvalue weighted by Crippen LogP contribution is 2.24. The summed E-state index contributed by atoms with van der Waals surface area (Å²) in [5.74, 6) is -0.701. The van der Waals surface area contributed by atoms with Gasteiger partial charge >= 0.3 is 5.97 Å². The van der Waals surface area contributed by atoms with Crippen LogP contribution in [0.1, 0.15) is 21.0 Å². The summed E-state index contributed by atoms with van der Waals surface area (Å²) in [4.78, 5) is 26.8. The first-order valence-corrected chi connectivity index (χ1v) is 6.48. The van der Waals surface area contributed by atoms with Crippen LogP contribution in [0.4, 0.5) is 0 Å². The lowest BCUT2D eigenvalue weighted by atomic mass is 10.2. The molecule has 1 N–H and O–H groups in total. The Morgan fingerprint density at radius 3 is 2.78 bits per heavy atom. The van der Waals surface area contributed by atoms with Crippen molar-refractivity contribution in [1.82, 2.24) is 4.90 Å². The Morgan fingerprint density at radius 1 is 1.50 bits per heavy atom. The lowest BCUT2D eigenvalue weighted by Crippen LogP contribution is -2.40. The van der Waals surface area contributed by atoms with Gasteiger partial charge in [-0.3, -0.25) is 4.79 Å². The van der Waals surface area contributed by atoms with E-state index in [9.17, 15) is 14.7 Å². The van der Waals surface area contributed by atoms with E-state index >= 15 is 0 Å². The summed E-state index contributed by atoms with van der Waals surface area (Å²) >= 11 is 1.38. The number of rotatable bonds is 2. The van der Waals surface area contributed by atoms with Crippen LogP contribution in [0.25, 0.3) is 0 Å².